The van der Waals surface area contributed by atoms with Crippen LogP contribution in [0.15, 0.2) is 53.4 Å². The Morgan fingerprint density at radius 1 is 1.00 bits per heavy atom. The molecule has 0 fully saturated rings. The van der Waals surface area contributed by atoms with Gasteiger partial charge in [-0.05, 0) is 29.8 Å². The van der Waals surface area contributed by atoms with Crippen LogP contribution in [0.1, 0.15) is 15.9 Å². The van der Waals surface area contributed by atoms with Gasteiger partial charge in [-0.2, -0.15) is 0 Å². The lowest BCUT2D eigenvalue weighted by Gasteiger charge is -2.08. The lowest BCUT2D eigenvalue weighted by atomic mass is 10.1. The van der Waals surface area contributed by atoms with Crippen molar-refractivity contribution in [3.05, 3.63) is 59.7 Å². The molecule has 24 heavy (non-hydrogen) atoms. The maximum Gasteiger partial charge on any atom is 0.273 e. The molecular weight excluding hydrogens is 334 g/mol. The minimum absolute atomic E-state index is 0.0234. The molecule has 0 spiro atoms. The number of rotatable bonds is 4. The highest BCUT2D eigenvalue weighted by Gasteiger charge is 2.12. The Morgan fingerprint density at radius 2 is 1.62 bits per heavy atom. The van der Waals surface area contributed by atoms with Crippen LogP contribution in [0.3, 0.4) is 0 Å². The molecule has 2 rings (SSSR count). The Morgan fingerprint density at radius 3 is 2.21 bits per heavy atom. The number of aromatic hydroxyl groups is 1. The van der Waals surface area contributed by atoms with Gasteiger partial charge in [-0.25, -0.2) is 13.6 Å². The standard InChI is InChI=1S/C15H15N3O5S/c16-24(22,23)11-7-5-10(6-8-11)9-14(20)17-18-15(21)12-3-1-2-4-13(12)19/h1-8,19H,9H2,(H,17,20)(H,18,21)(H2,16,22,23). The Balaban J connectivity index is 1.92. The van der Waals surface area contributed by atoms with Crippen LogP contribution in [0.2, 0.25) is 0 Å². The Hall–Kier alpha value is -2.91. The maximum absolute atomic E-state index is 11.8. The average molecular weight is 349 g/mol. The molecule has 0 saturated carbocycles. The van der Waals surface area contributed by atoms with Crippen molar-refractivity contribution >= 4 is 21.8 Å². The van der Waals surface area contributed by atoms with E-state index in [2.05, 4.69) is 10.9 Å². The number of hydrazine groups is 1. The summed E-state index contributed by atoms with van der Waals surface area (Å²) in [6.07, 6.45) is -0.0774. The molecule has 5 N–H and O–H groups in total. The van der Waals surface area contributed by atoms with Crippen LogP contribution in [0.5, 0.6) is 5.75 Å². The third-order valence-electron chi connectivity index (χ3n) is 3.08. The fraction of sp³-hybridized carbons (Fsp3) is 0.0667. The van der Waals surface area contributed by atoms with Gasteiger partial charge in [0, 0.05) is 0 Å². The highest BCUT2D eigenvalue weighted by molar-refractivity contribution is 7.89. The van der Waals surface area contributed by atoms with Crippen LogP contribution in [-0.4, -0.2) is 25.3 Å². The molecule has 2 aromatic rings. The largest absolute Gasteiger partial charge is 0.507 e. The van der Waals surface area contributed by atoms with Crippen molar-refractivity contribution in [3.8, 4) is 5.75 Å². The van der Waals surface area contributed by atoms with Crippen LogP contribution in [0.25, 0.3) is 0 Å². The van der Waals surface area contributed by atoms with Crippen LogP contribution in [-0.2, 0) is 21.2 Å². The summed E-state index contributed by atoms with van der Waals surface area (Å²) in [7, 11) is -3.79. The Kier molecular flexibility index (Phi) is 5.17. The van der Waals surface area contributed by atoms with Crippen LogP contribution < -0.4 is 16.0 Å². The van der Waals surface area contributed by atoms with Gasteiger partial charge < -0.3 is 5.11 Å². The van der Waals surface area contributed by atoms with Crippen molar-refractivity contribution in [1.82, 2.24) is 10.9 Å². The molecule has 0 aliphatic heterocycles. The number of phenols is 1. The number of carbonyl (C=O) groups is 2. The van der Waals surface area contributed by atoms with Gasteiger partial charge in [-0.1, -0.05) is 24.3 Å². The molecule has 0 aliphatic carbocycles. The van der Waals surface area contributed by atoms with E-state index in [0.717, 1.165) is 0 Å². The van der Waals surface area contributed by atoms with Gasteiger partial charge in [0.05, 0.1) is 16.9 Å². The Labute approximate surface area is 138 Å². The van der Waals surface area contributed by atoms with E-state index in [1.54, 1.807) is 12.1 Å². The third kappa shape index (κ3) is 4.54. The molecule has 0 unspecified atom stereocenters. The fourth-order valence-electron chi connectivity index (χ4n) is 1.89. The molecule has 8 nitrogen and oxygen atoms in total. The normalized spacial score (nSPS) is 10.9. The van der Waals surface area contributed by atoms with Crippen LogP contribution >= 0.6 is 0 Å². The van der Waals surface area contributed by atoms with E-state index in [9.17, 15) is 23.1 Å². The molecule has 0 aromatic heterocycles. The summed E-state index contributed by atoms with van der Waals surface area (Å²) in [4.78, 5) is 23.5. The number of sulfonamides is 1. The quantitative estimate of drug-likeness (QED) is 0.577. The van der Waals surface area contributed by atoms with E-state index in [0.29, 0.717) is 5.56 Å². The Bertz CT molecular complexity index is 863. The lowest BCUT2D eigenvalue weighted by molar-refractivity contribution is -0.121. The molecule has 0 aliphatic rings. The van der Waals surface area contributed by atoms with Crippen molar-refractivity contribution < 1.29 is 23.1 Å². The monoisotopic (exact) mass is 349 g/mol. The first-order valence-electron chi connectivity index (χ1n) is 6.76. The number of hydrogen-bond acceptors (Lipinski definition) is 5. The number of amides is 2. The summed E-state index contributed by atoms with van der Waals surface area (Å²) in [5.74, 6) is -1.38. The minimum atomic E-state index is -3.79. The highest BCUT2D eigenvalue weighted by Crippen LogP contribution is 2.14. The molecule has 0 atom stereocenters. The average Bonchev–Trinajstić information content (AvgIpc) is 2.53. The molecular formula is C15H15N3O5S. The number of phenolic OH excluding ortho intramolecular Hbond substituents is 1. The first-order valence-corrected chi connectivity index (χ1v) is 8.31. The van der Waals surface area contributed by atoms with E-state index in [-0.39, 0.29) is 22.6 Å². The van der Waals surface area contributed by atoms with Crippen molar-refractivity contribution in [1.29, 1.82) is 0 Å². The van der Waals surface area contributed by atoms with E-state index >= 15 is 0 Å². The number of hydrogen-bond donors (Lipinski definition) is 4. The number of carbonyl (C=O) groups excluding carboxylic acids is 2. The second-order valence-electron chi connectivity index (χ2n) is 4.89. The zero-order chi connectivity index (χ0) is 17.7. The summed E-state index contributed by atoms with van der Waals surface area (Å²) in [6, 6.07) is 11.4. The molecule has 9 heteroatoms. The predicted molar refractivity (Wildman–Crippen MR) is 85.2 cm³/mol. The molecule has 0 radical (unpaired) electrons. The smallest absolute Gasteiger partial charge is 0.273 e. The van der Waals surface area contributed by atoms with Crippen molar-refractivity contribution in [3.63, 3.8) is 0 Å². The summed E-state index contributed by atoms with van der Waals surface area (Å²) in [6.45, 7) is 0. The van der Waals surface area contributed by atoms with Crippen molar-refractivity contribution in [2.45, 2.75) is 11.3 Å². The second kappa shape index (κ2) is 7.11. The number of nitrogens with one attached hydrogen (secondary N) is 2. The lowest BCUT2D eigenvalue weighted by Crippen LogP contribution is -2.42. The van der Waals surface area contributed by atoms with Crippen LogP contribution in [0.4, 0.5) is 0 Å². The molecule has 126 valence electrons. The zero-order valence-corrected chi connectivity index (χ0v) is 13.2. The first-order chi connectivity index (χ1) is 11.3. The van der Waals surface area contributed by atoms with Gasteiger partial charge in [0.25, 0.3) is 5.91 Å². The van der Waals surface area contributed by atoms with Gasteiger partial charge >= 0.3 is 0 Å². The maximum atomic E-state index is 11.8. The highest BCUT2D eigenvalue weighted by atomic mass is 32.2. The molecule has 2 amide bonds. The number of primary sulfonamides is 1. The summed E-state index contributed by atoms with van der Waals surface area (Å²) in [5.41, 5.74) is 4.95. The van der Waals surface area contributed by atoms with E-state index in [4.69, 9.17) is 5.14 Å². The first kappa shape index (κ1) is 17.4. The van der Waals surface area contributed by atoms with E-state index in [1.165, 1.54) is 36.4 Å². The van der Waals surface area contributed by atoms with E-state index < -0.39 is 21.8 Å². The number of nitrogens with two attached hydrogens (primary N) is 1. The van der Waals surface area contributed by atoms with Gasteiger partial charge in [-0.3, -0.25) is 20.4 Å². The SMILES string of the molecule is NS(=O)(=O)c1ccc(CC(=O)NNC(=O)c2ccccc2O)cc1. The second-order valence-corrected chi connectivity index (χ2v) is 6.45. The number of benzene rings is 2. The zero-order valence-electron chi connectivity index (χ0n) is 12.4. The molecule has 0 heterocycles. The molecule has 2 aromatic carbocycles. The van der Waals surface area contributed by atoms with Gasteiger partial charge in [0.15, 0.2) is 0 Å². The van der Waals surface area contributed by atoms with Gasteiger partial charge in [0.2, 0.25) is 15.9 Å². The molecule has 0 bridgehead atoms. The summed E-state index contributed by atoms with van der Waals surface area (Å²) < 4.78 is 22.3. The van der Waals surface area contributed by atoms with Crippen molar-refractivity contribution in [2.75, 3.05) is 0 Å². The summed E-state index contributed by atoms with van der Waals surface area (Å²) >= 11 is 0. The van der Waals surface area contributed by atoms with Gasteiger partial charge in [-0.15, -0.1) is 0 Å². The van der Waals surface area contributed by atoms with E-state index in [1.807, 2.05) is 0 Å². The molecule has 0 saturated heterocycles. The topological polar surface area (TPSA) is 139 Å². The van der Waals surface area contributed by atoms with Gasteiger partial charge in [0.1, 0.15) is 5.75 Å². The third-order valence-corrected chi connectivity index (χ3v) is 4.01. The number of para-hydroxylation sites is 1. The summed E-state index contributed by atoms with van der Waals surface area (Å²) in [5, 5.41) is 14.5. The minimum Gasteiger partial charge on any atom is -0.507 e. The van der Waals surface area contributed by atoms with Crippen molar-refractivity contribution in [2.24, 2.45) is 5.14 Å². The predicted octanol–water partition coefficient (Wildman–Crippen LogP) is 0.0433. The fourth-order valence-corrected chi connectivity index (χ4v) is 2.40. The van der Waals surface area contributed by atoms with Crippen LogP contribution in [0, 0.1) is 0 Å².